The van der Waals surface area contributed by atoms with E-state index in [-0.39, 0.29) is 19.4 Å². The minimum absolute atomic E-state index is 0.154. The third-order valence-electron chi connectivity index (χ3n) is 3.74. The molecule has 0 radical (unpaired) electrons. The van der Waals surface area contributed by atoms with Crippen molar-refractivity contribution >= 4 is 0 Å². The molecule has 0 saturated heterocycles. The van der Waals surface area contributed by atoms with Gasteiger partial charge in [0.15, 0.2) is 11.5 Å². The molecule has 1 aliphatic carbocycles. The van der Waals surface area contributed by atoms with E-state index in [1.54, 1.807) is 18.2 Å². The summed E-state index contributed by atoms with van der Waals surface area (Å²) in [5.74, 6) is 1.27. The van der Waals surface area contributed by atoms with Crippen molar-refractivity contribution in [3.05, 3.63) is 23.8 Å². The molecule has 3 nitrogen and oxygen atoms in total. The third kappa shape index (κ3) is 2.57. The summed E-state index contributed by atoms with van der Waals surface area (Å²) in [5.41, 5.74) is -0.915. The summed E-state index contributed by atoms with van der Waals surface area (Å²) in [7, 11) is 0. The number of ether oxygens (including phenoxy) is 2. The monoisotopic (exact) mass is 287 g/mol. The van der Waals surface area contributed by atoms with Gasteiger partial charge in [-0.1, -0.05) is 6.07 Å². The molecule has 0 amide bonds. The first-order valence-corrected chi connectivity index (χ1v) is 6.70. The summed E-state index contributed by atoms with van der Waals surface area (Å²) in [6.45, 7) is 1.34. The highest BCUT2D eigenvalue weighted by Gasteiger charge is 2.62. The zero-order valence-electron chi connectivity index (χ0n) is 10.9. The zero-order chi connectivity index (χ0) is 14.2. The minimum Gasteiger partial charge on any atom is -0.490 e. The van der Waals surface area contributed by atoms with E-state index in [9.17, 15) is 13.2 Å². The van der Waals surface area contributed by atoms with Crippen molar-refractivity contribution in [1.29, 1.82) is 0 Å². The Morgan fingerprint density at radius 2 is 1.80 bits per heavy atom. The van der Waals surface area contributed by atoms with E-state index in [4.69, 9.17) is 9.47 Å². The minimum atomic E-state index is -4.18. The maximum atomic E-state index is 12.8. The lowest BCUT2D eigenvalue weighted by molar-refractivity contribution is -0.166. The second-order valence-corrected chi connectivity index (χ2v) is 5.26. The lowest BCUT2D eigenvalue weighted by Gasteiger charge is -2.21. The van der Waals surface area contributed by atoms with Gasteiger partial charge in [-0.2, -0.15) is 13.2 Å². The smallest absolute Gasteiger partial charge is 0.406 e. The molecule has 0 atom stereocenters. The van der Waals surface area contributed by atoms with Gasteiger partial charge in [0.1, 0.15) is 5.54 Å². The summed E-state index contributed by atoms with van der Waals surface area (Å²) >= 11 is 0. The largest absolute Gasteiger partial charge is 0.490 e. The maximum absolute atomic E-state index is 12.8. The number of benzene rings is 1. The van der Waals surface area contributed by atoms with E-state index in [1.165, 1.54) is 0 Å². The summed E-state index contributed by atoms with van der Waals surface area (Å²) in [5, 5.41) is 2.63. The second kappa shape index (κ2) is 4.84. The van der Waals surface area contributed by atoms with Crippen molar-refractivity contribution in [2.45, 2.75) is 37.5 Å². The topological polar surface area (TPSA) is 30.5 Å². The van der Waals surface area contributed by atoms with Crippen LogP contribution in [0.2, 0.25) is 0 Å². The Labute approximate surface area is 115 Å². The van der Waals surface area contributed by atoms with Crippen LogP contribution < -0.4 is 14.8 Å². The maximum Gasteiger partial charge on any atom is 0.406 e. The van der Waals surface area contributed by atoms with Crippen LogP contribution in [-0.2, 0) is 6.54 Å². The predicted molar refractivity (Wildman–Crippen MR) is 66.9 cm³/mol. The number of hydrogen-bond acceptors (Lipinski definition) is 3. The molecule has 2 aliphatic rings. The normalized spacial score (nSPS) is 20.4. The van der Waals surface area contributed by atoms with Crippen molar-refractivity contribution in [2.24, 2.45) is 0 Å². The Morgan fingerprint density at radius 1 is 1.10 bits per heavy atom. The average Bonchev–Trinajstić information content (AvgIpc) is 3.20. The lowest BCUT2D eigenvalue weighted by Crippen LogP contribution is -2.44. The summed E-state index contributed by atoms with van der Waals surface area (Å²) in [4.78, 5) is 0. The SMILES string of the molecule is FC(F)(F)C1(NCc2ccc3c(c2)OCCCO3)CC1. The van der Waals surface area contributed by atoms with Crippen molar-refractivity contribution in [1.82, 2.24) is 5.32 Å². The first-order valence-electron chi connectivity index (χ1n) is 6.70. The van der Waals surface area contributed by atoms with Gasteiger partial charge >= 0.3 is 6.18 Å². The van der Waals surface area contributed by atoms with Crippen molar-refractivity contribution < 1.29 is 22.6 Å². The molecule has 1 aromatic rings. The van der Waals surface area contributed by atoms with Crippen LogP contribution in [0.15, 0.2) is 18.2 Å². The van der Waals surface area contributed by atoms with Crippen LogP contribution in [0.4, 0.5) is 13.2 Å². The molecule has 0 unspecified atom stereocenters. The van der Waals surface area contributed by atoms with Gasteiger partial charge < -0.3 is 9.47 Å². The Bertz CT molecular complexity index is 498. The Kier molecular flexibility index (Phi) is 3.28. The van der Waals surface area contributed by atoms with Gasteiger partial charge in [-0.05, 0) is 30.5 Å². The molecule has 1 aliphatic heterocycles. The highest BCUT2D eigenvalue weighted by Crippen LogP contribution is 2.49. The second-order valence-electron chi connectivity index (χ2n) is 5.26. The molecule has 110 valence electrons. The molecule has 6 heteroatoms. The standard InChI is InChI=1S/C14H16F3NO2/c15-14(16,17)13(4-5-13)18-9-10-2-3-11-12(8-10)20-7-1-6-19-11/h2-3,8,18H,1,4-7,9H2. The molecular formula is C14H16F3NO2. The van der Waals surface area contributed by atoms with E-state index in [0.29, 0.717) is 24.7 Å². The van der Waals surface area contributed by atoms with E-state index in [1.807, 2.05) is 0 Å². The Hall–Kier alpha value is -1.43. The molecule has 1 aromatic carbocycles. The van der Waals surface area contributed by atoms with Crippen LogP contribution in [0.25, 0.3) is 0 Å². The average molecular weight is 287 g/mol. The van der Waals surface area contributed by atoms with Crippen LogP contribution in [-0.4, -0.2) is 24.9 Å². The number of fused-ring (bicyclic) bond motifs is 1. The molecule has 1 fully saturated rings. The van der Waals surface area contributed by atoms with Crippen LogP contribution in [0.1, 0.15) is 24.8 Å². The van der Waals surface area contributed by atoms with Gasteiger partial charge in [0.05, 0.1) is 13.2 Å². The highest BCUT2D eigenvalue weighted by atomic mass is 19.4. The van der Waals surface area contributed by atoms with Gasteiger partial charge in [0, 0.05) is 13.0 Å². The van der Waals surface area contributed by atoms with Crippen LogP contribution in [0.5, 0.6) is 11.5 Å². The van der Waals surface area contributed by atoms with Gasteiger partial charge in [-0.15, -0.1) is 0 Å². The first-order chi connectivity index (χ1) is 9.50. The van der Waals surface area contributed by atoms with E-state index >= 15 is 0 Å². The quantitative estimate of drug-likeness (QED) is 0.927. The molecule has 0 spiro atoms. The first kappa shape index (κ1) is 13.5. The van der Waals surface area contributed by atoms with Gasteiger partial charge in [0.25, 0.3) is 0 Å². The molecule has 3 rings (SSSR count). The van der Waals surface area contributed by atoms with Crippen molar-refractivity contribution in [3.8, 4) is 11.5 Å². The molecule has 0 bridgehead atoms. The van der Waals surface area contributed by atoms with Crippen LogP contribution in [0.3, 0.4) is 0 Å². The van der Waals surface area contributed by atoms with Crippen LogP contribution >= 0.6 is 0 Å². The fraction of sp³-hybridized carbons (Fsp3) is 0.571. The van der Waals surface area contributed by atoms with Gasteiger partial charge in [0.2, 0.25) is 0 Å². The fourth-order valence-corrected chi connectivity index (χ4v) is 2.27. The Morgan fingerprint density at radius 3 is 2.45 bits per heavy atom. The highest BCUT2D eigenvalue weighted by molar-refractivity contribution is 5.43. The van der Waals surface area contributed by atoms with E-state index in [0.717, 1.165) is 12.0 Å². The fourth-order valence-electron chi connectivity index (χ4n) is 2.27. The molecule has 20 heavy (non-hydrogen) atoms. The van der Waals surface area contributed by atoms with Crippen molar-refractivity contribution in [3.63, 3.8) is 0 Å². The van der Waals surface area contributed by atoms with E-state index in [2.05, 4.69) is 5.32 Å². The predicted octanol–water partition coefficient (Wildman–Crippen LogP) is 3.03. The molecule has 1 heterocycles. The number of rotatable bonds is 3. The van der Waals surface area contributed by atoms with E-state index < -0.39 is 11.7 Å². The number of hydrogen-bond donors (Lipinski definition) is 1. The third-order valence-corrected chi connectivity index (χ3v) is 3.74. The summed E-state index contributed by atoms with van der Waals surface area (Å²) in [6.07, 6.45) is -3.07. The zero-order valence-corrected chi connectivity index (χ0v) is 10.9. The van der Waals surface area contributed by atoms with Crippen molar-refractivity contribution in [2.75, 3.05) is 13.2 Å². The number of nitrogens with one attached hydrogen (secondary N) is 1. The van der Waals surface area contributed by atoms with Gasteiger partial charge in [-0.3, -0.25) is 5.32 Å². The molecular weight excluding hydrogens is 271 g/mol. The van der Waals surface area contributed by atoms with Gasteiger partial charge in [-0.25, -0.2) is 0 Å². The number of alkyl halides is 3. The summed E-state index contributed by atoms with van der Waals surface area (Å²) < 4.78 is 49.5. The molecule has 1 saturated carbocycles. The number of halogens is 3. The molecule has 0 aromatic heterocycles. The summed E-state index contributed by atoms with van der Waals surface area (Å²) in [6, 6.07) is 5.28. The van der Waals surface area contributed by atoms with Crippen LogP contribution in [0, 0.1) is 0 Å². The lowest BCUT2D eigenvalue weighted by atomic mass is 10.1. The Balaban J connectivity index is 1.68. The molecule has 1 N–H and O–H groups in total.